The van der Waals surface area contributed by atoms with E-state index in [-0.39, 0.29) is 0 Å². The monoisotopic (exact) mass is 298 g/mol. The molecule has 1 aromatic rings. The summed E-state index contributed by atoms with van der Waals surface area (Å²) in [6.07, 6.45) is -6.37. The standard InChI is InChI=1S/C15H19FO5/c1-8-6-4-5-7-9(8)10(17)11(18)12-13(16)15(2,19)14(20-3)21-12/h4-7,11-14,18-19H,1-3H3/t11?,12-,13-,14?,15-/m1/s1. The van der Waals surface area contributed by atoms with E-state index < -0.39 is 36.1 Å². The summed E-state index contributed by atoms with van der Waals surface area (Å²) in [5.41, 5.74) is -0.960. The first-order valence-corrected chi connectivity index (χ1v) is 6.63. The number of halogens is 1. The molecule has 0 spiro atoms. The SMILES string of the molecule is COC1O[C@H](C(O)C(=O)c2ccccc2C)[C@@H](F)[C@@]1(C)O. The third-order valence-corrected chi connectivity index (χ3v) is 3.81. The van der Waals surface area contributed by atoms with Gasteiger partial charge in [0, 0.05) is 12.7 Å². The smallest absolute Gasteiger partial charge is 0.194 e. The second-order valence-corrected chi connectivity index (χ2v) is 5.42. The van der Waals surface area contributed by atoms with Gasteiger partial charge in [0.2, 0.25) is 0 Å². The second kappa shape index (κ2) is 5.81. The van der Waals surface area contributed by atoms with Crippen molar-refractivity contribution in [2.45, 2.75) is 44.1 Å². The van der Waals surface area contributed by atoms with Crippen molar-refractivity contribution >= 4 is 5.78 Å². The van der Waals surface area contributed by atoms with Crippen LogP contribution in [0, 0.1) is 6.92 Å². The second-order valence-electron chi connectivity index (χ2n) is 5.42. The van der Waals surface area contributed by atoms with Gasteiger partial charge in [-0.05, 0) is 19.4 Å². The van der Waals surface area contributed by atoms with E-state index in [1.165, 1.54) is 14.0 Å². The fourth-order valence-electron chi connectivity index (χ4n) is 2.50. The summed E-state index contributed by atoms with van der Waals surface area (Å²) in [5, 5.41) is 20.1. The molecule has 0 amide bonds. The molecule has 0 bridgehead atoms. The molecule has 2 unspecified atom stereocenters. The number of ketones is 1. The molecule has 1 aliphatic heterocycles. The van der Waals surface area contributed by atoms with Gasteiger partial charge >= 0.3 is 0 Å². The summed E-state index contributed by atoms with van der Waals surface area (Å²) in [5.74, 6) is -0.645. The number of aliphatic hydroxyl groups excluding tert-OH is 1. The zero-order chi connectivity index (χ0) is 15.8. The van der Waals surface area contributed by atoms with E-state index in [4.69, 9.17) is 9.47 Å². The third kappa shape index (κ3) is 2.72. The predicted octanol–water partition coefficient (Wildman–Crippen LogP) is 0.999. The maximum absolute atomic E-state index is 14.3. The summed E-state index contributed by atoms with van der Waals surface area (Å²) < 4.78 is 24.3. The number of alkyl halides is 1. The largest absolute Gasteiger partial charge is 0.382 e. The lowest BCUT2D eigenvalue weighted by Crippen LogP contribution is -2.46. The average molecular weight is 298 g/mol. The molecule has 0 aromatic heterocycles. The number of carbonyl (C=O) groups excluding carboxylic acids is 1. The molecular weight excluding hydrogens is 279 g/mol. The number of rotatable bonds is 4. The van der Waals surface area contributed by atoms with Gasteiger partial charge in [-0.3, -0.25) is 4.79 Å². The molecule has 1 aromatic carbocycles. The van der Waals surface area contributed by atoms with Gasteiger partial charge < -0.3 is 19.7 Å². The molecule has 1 heterocycles. The molecule has 0 saturated carbocycles. The molecule has 1 saturated heterocycles. The molecule has 21 heavy (non-hydrogen) atoms. The van der Waals surface area contributed by atoms with Crippen LogP contribution >= 0.6 is 0 Å². The number of benzene rings is 1. The maximum atomic E-state index is 14.3. The van der Waals surface area contributed by atoms with Crippen LogP contribution in [0.3, 0.4) is 0 Å². The van der Waals surface area contributed by atoms with Gasteiger partial charge in [0.15, 0.2) is 18.2 Å². The molecule has 116 valence electrons. The zero-order valence-corrected chi connectivity index (χ0v) is 12.1. The predicted molar refractivity (Wildman–Crippen MR) is 72.7 cm³/mol. The number of Topliss-reactive ketones (excluding diaryl/α,β-unsaturated/α-hetero) is 1. The molecule has 2 N–H and O–H groups in total. The minimum Gasteiger partial charge on any atom is -0.382 e. The van der Waals surface area contributed by atoms with Crippen molar-refractivity contribution in [3.8, 4) is 0 Å². The van der Waals surface area contributed by atoms with Gasteiger partial charge in [-0.25, -0.2) is 4.39 Å². The lowest BCUT2D eigenvalue weighted by atomic mass is 9.92. The van der Waals surface area contributed by atoms with Gasteiger partial charge in [0.25, 0.3) is 0 Å². The number of aliphatic hydroxyl groups is 2. The molecular formula is C15H19FO5. The van der Waals surface area contributed by atoms with Crippen LogP contribution in [0.2, 0.25) is 0 Å². The van der Waals surface area contributed by atoms with Crippen molar-refractivity contribution in [1.29, 1.82) is 0 Å². The Morgan fingerprint density at radius 1 is 1.48 bits per heavy atom. The molecule has 0 radical (unpaired) electrons. The van der Waals surface area contributed by atoms with Crippen LogP contribution in [0.5, 0.6) is 0 Å². The van der Waals surface area contributed by atoms with Gasteiger partial charge in [-0.15, -0.1) is 0 Å². The minimum absolute atomic E-state index is 0.293. The third-order valence-electron chi connectivity index (χ3n) is 3.81. The van der Waals surface area contributed by atoms with Crippen LogP contribution in [-0.4, -0.2) is 53.4 Å². The normalized spacial score (nSPS) is 33.9. The Balaban J connectivity index is 2.23. The van der Waals surface area contributed by atoms with Crippen molar-refractivity contribution in [2.24, 2.45) is 0 Å². The highest BCUT2D eigenvalue weighted by Gasteiger charge is 2.57. The molecule has 6 heteroatoms. The van der Waals surface area contributed by atoms with Crippen molar-refractivity contribution in [3.63, 3.8) is 0 Å². The van der Waals surface area contributed by atoms with Gasteiger partial charge in [0.05, 0.1) is 0 Å². The first kappa shape index (κ1) is 16.0. The number of ether oxygens (including phenoxy) is 2. The number of aryl methyl sites for hydroxylation is 1. The number of methoxy groups -OCH3 is 1. The van der Waals surface area contributed by atoms with E-state index in [1.54, 1.807) is 31.2 Å². The van der Waals surface area contributed by atoms with Crippen LogP contribution < -0.4 is 0 Å². The number of carbonyl (C=O) groups is 1. The summed E-state index contributed by atoms with van der Waals surface area (Å²) in [6, 6.07) is 6.68. The van der Waals surface area contributed by atoms with E-state index in [0.717, 1.165) is 0 Å². The van der Waals surface area contributed by atoms with Gasteiger partial charge in [0.1, 0.15) is 17.8 Å². The number of hydrogen-bond donors (Lipinski definition) is 2. The Morgan fingerprint density at radius 3 is 2.62 bits per heavy atom. The van der Waals surface area contributed by atoms with Crippen molar-refractivity contribution in [1.82, 2.24) is 0 Å². The Kier molecular flexibility index (Phi) is 4.43. The van der Waals surface area contributed by atoms with Crippen molar-refractivity contribution in [3.05, 3.63) is 35.4 Å². The molecule has 1 fully saturated rings. The first-order chi connectivity index (χ1) is 9.80. The Hall–Kier alpha value is -1.34. The van der Waals surface area contributed by atoms with Gasteiger partial charge in [-0.1, -0.05) is 24.3 Å². The van der Waals surface area contributed by atoms with E-state index in [2.05, 4.69) is 0 Å². The highest BCUT2D eigenvalue weighted by molar-refractivity contribution is 6.01. The zero-order valence-electron chi connectivity index (χ0n) is 12.1. The Morgan fingerprint density at radius 2 is 2.10 bits per heavy atom. The highest BCUT2D eigenvalue weighted by atomic mass is 19.1. The van der Waals surface area contributed by atoms with Gasteiger partial charge in [-0.2, -0.15) is 0 Å². The van der Waals surface area contributed by atoms with Crippen molar-refractivity contribution in [2.75, 3.05) is 7.11 Å². The maximum Gasteiger partial charge on any atom is 0.194 e. The molecule has 2 rings (SSSR count). The van der Waals surface area contributed by atoms with E-state index in [0.29, 0.717) is 11.1 Å². The first-order valence-electron chi connectivity index (χ1n) is 6.63. The average Bonchev–Trinajstić information content (AvgIpc) is 2.69. The molecule has 5 nitrogen and oxygen atoms in total. The van der Waals surface area contributed by atoms with Crippen LogP contribution in [0.25, 0.3) is 0 Å². The molecule has 0 aliphatic carbocycles. The minimum atomic E-state index is -1.94. The summed E-state index contributed by atoms with van der Waals surface area (Å²) in [6.45, 7) is 2.92. The fraction of sp³-hybridized carbons (Fsp3) is 0.533. The fourth-order valence-corrected chi connectivity index (χ4v) is 2.50. The van der Waals surface area contributed by atoms with E-state index in [9.17, 15) is 19.4 Å². The lowest BCUT2D eigenvalue weighted by molar-refractivity contribution is -0.188. The van der Waals surface area contributed by atoms with Crippen LogP contribution in [-0.2, 0) is 9.47 Å². The summed E-state index contributed by atoms with van der Waals surface area (Å²) in [7, 11) is 1.25. The summed E-state index contributed by atoms with van der Waals surface area (Å²) >= 11 is 0. The summed E-state index contributed by atoms with van der Waals surface area (Å²) in [4.78, 5) is 12.3. The van der Waals surface area contributed by atoms with Crippen molar-refractivity contribution < 1.29 is 28.9 Å². The van der Waals surface area contributed by atoms with Crippen LogP contribution in [0.15, 0.2) is 24.3 Å². The van der Waals surface area contributed by atoms with Crippen LogP contribution in [0.1, 0.15) is 22.8 Å². The van der Waals surface area contributed by atoms with E-state index in [1.807, 2.05) is 0 Å². The highest BCUT2D eigenvalue weighted by Crippen LogP contribution is 2.36. The Bertz CT molecular complexity index is 531. The molecule has 5 atom stereocenters. The quantitative estimate of drug-likeness (QED) is 0.811. The topological polar surface area (TPSA) is 76.0 Å². The van der Waals surface area contributed by atoms with Crippen LogP contribution in [0.4, 0.5) is 4.39 Å². The lowest BCUT2D eigenvalue weighted by Gasteiger charge is -2.24. The molecule has 1 aliphatic rings. The number of hydrogen-bond acceptors (Lipinski definition) is 5. The Labute approximate surface area is 122 Å². The van der Waals surface area contributed by atoms with E-state index >= 15 is 0 Å².